The molecule has 0 aliphatic rings. The van der Waals surface area contributed by atoms with Crippen LogP contribution < -0.4 is 5.32 Å². The number of nitro groups is 1. The van der Waals surface area contributed by atoms with Crippen molar-refractivity contribution in [3.63, 3.8) is 0 Å². The fourth-order valence-electron chi connectivity index (χ4n) is 2.48. The summed E-state index contributed by atoms with van der Waals surface area (Å²) in [6.45, 7) is 5.83. The molecule has 23 heavy (non-hydrogen) atoms. The minimum absolute atomic E-state index is 0.0105. The molecule has 9 nitrogen and oxygen atoms in total. The molecule has 0 fully saturated rings. The number of hydrogen-bond acceptors (Lipinski definition) is 5. The van der Waals surface area contributed by atoms with Gasteiger partial charge < -0.3 is 5.32 Å². The zero-order valence-corrected chi connectivity index (χ0v) is 13.7. The fraction of sp³-hybridized carbons (Fsp3) is 0.500. The van der Waals surface area contributed by atoms with Crippen molar-refractivity contribution in [2.24, 2.45) is 7.05 Å². The summed E-state index contributed by atoms with van der Waals surface area (Å²) in [6, 6.07) is 0. The van der Waals surface area contributed by atoms with E-state index in [0.29, 0.717) is 24.5 Å². The van der Waals surface area contributed by atoms with Crippen LogP contribution in [0.5, 0.6) is 0 Å². The maximum Gasteiger partial charge on any atom is 0.312 e. The molecule has 0 radical (unpaired) electrons. The molecule has 0 spiro atoms. The molecule has 0 bridgehead atoms. The quantitative estimate of drug-likeness (QED) is 0.634. The lowest BCUT2D eigenvalue weighted by Crippen LogP contribution is -2.24. The lowest BCUT2D eigenvalue weighted by atomic mass is 10.2. The van der Waals surface area contributed by atoms with Crippen LogP contribution in [0.25, 0.3) is 0 Å². The predicted octanol–water partition coefficient (Wildman–Crippen LogP) is 1.16. The van der Waals surface area contributed by atoms with Gasteiger partial charge in [-0.2, -0.15) is 10.2 Å². The van der Waals surface area contributed by atoms with Gasteiger partial charge in [0.2, 0.25) is 5.91 Å². The van der Waals surface area contributed by atoms with Crippen molar-refractivity contribution in [2.75, 3.05) is 0 Å². The van der Waals surface area contributed by atoms with Gasteiger partial charge in [-0.1, -0.05) is 0 Å². The van der Waals surface area contributed by atoms with Crippen molar-refractivity contribution in [2.45, 2.75) is 40.3 Å². The van der Waals surface area contributed by atoms with Crippen molar-refractivity contribution >= 4 is 11.6 Å². The molecular formula is C14H20N6O3. The molecule has 2 heterocycles. The molecule has 0 atom stereocenters. The van der Waals surface area contributed by atoms with E-state index in [1.165, 1.54) is 4.68 Å². The normalized spacial score (nSPS) is 10.8. The maximum atomic E-state index is 11.9. The molecule has 1 amide bonds. The van der Waals surface area contributed by atoms with Gasteiger partial charge >= 0.3 is 5.69 Å². The van der Waals surface area contributed by atoms with Crippen LogP contribution in [0.1, 0.15) is 29.1 Å². The third-order valence-electron chi connectivity index (χ3n) is 3.67. The molecule has 0 unspecified atom stereocenters. The molecule has 0 aliphatic heterocycles. The standard InChI is InChI=1S/C14H20N6O3/c1-9-12(8-18(4)16-9)7-15-13(21)5-6-19-11(3)14(20(22)23)10(2)17-19/h8H,5-7H2,1-4H3,(H,15,21). The largest absolute Gasteiger partial charge is 0.352 e. The van der Waals surface area contributed by atoms with Crippen molar-refractivity contribution in [3.05, 3.63) is 39.0 Å². The third-order valence-corrected chi connectivity index (χ3v) is 3.67. The molecule has 2 rings (SSSR count). The highest BCUT2D eigenvalue weighted by Gasteiger charge is 2.21. The van der Waals surface area contributed by atoms with E-state index < -0.39 is 4.92 Å². The van der Waals surface area contributed by atoms with E-state index in [2.05, 4.69) is 15.5 Å². The SMILES string of the molecule is Cc1nn(C)cc1CNC(=O)CCn1nc(C)c([N+](=O)[O-])c1C. The first-order valence-electron chi connectivity index (χ1n) is 7.23. The van der Waals surface area contributed by atoms with E-state index in [1.807, 2.05) is 20.2 Å². The zero-order chi connectivity index (χ0) is 17.1. The Morgan fingerprint density at radius 1 is 1.30 bits per heavy atom. The molecular weight excluding hydrogens is 300 g/mol. The topological polar surface area (TPSA) is 108 Å². The fourth-order valence-corrected chi connectivity index (χ4v) is 2.48. The van der Waals surface area contributed by atoms with E-state index in [0.717, 1.165) is 11.3 Å². The van der Waals surface area contributed by atoms with Gasteiger partial charge in [0.05, 0.1) is 17.2 Å². The van der Waals surface area contributed by atoms with Gasteiger partial charge in [0, 0.05) is 31.8 Å². The summed E-state index contributed by atoms with van der Waals surface area (Å²) in [5, 5.41) is 22.1. The first-order valence-corrected chi connectivity index (χ1v) is 7.23. The molecule has 9 heteroatoms. The summed E-state index contributed by atoms with van der Waals surface area (Å²) in [6.07, 6.45) is 2.07. The molecule has 0 aromatic carbocycles. The predicted molar refractivity (Wildman–Crippen MR) is 82.8 cm³/mol. The molecule has 1 N–H and O–H groups in total. The summed E-state index contributed by atoms with van der Waals surface area (Å²) >= 11 is 0. The van der Waals surface area contributed by atoms with Crippen LogP contribution in [-0.4, -0.2) is 30.4 Å². The van der Waals surface area contributed by atoms with E-state index in [9.17, 15) is 14.9 Å². The number of aromatic nitrogens is 4. The summed E-state index contributed by atoms with van der Waals surface area (Å²) in [5.74, 6) is -0.136. The van der Waals surface area contributed by atoms with Crippen molar-refractivity contribution < 1.29 is 9.72 Å². The highest BCUT2D eigenvalue weighted by atomic mass is 16.6. The molecule has 2 aromatic heterocycles. The summed E-state index contributed by atoms with van der Waals surface area (Å²) in [4.78, 5) is 22.4. The first-order chi connectivity index (χ1) is 10.8. The molecule has 0 saturated carbocycles. The number of nitrogens with one attached hydrogen (secondary N) is 1. The Labute approximate surface area is 133 Å². The maximum absolute atomic E-state index is 11.9. The van der Waals surface area contributed by atoms with Gasteiger partial charge in [-0.3, -0.25) is 24.3 Å². The van der Waals surface area contributed by atoms with E-state index in [-0.39, 0.29) is 18.0 Å². The Hall–Kier alpha value is -2.71. The molecule has 124 valence electrons. The van der Waals surface area contributed by atoms with Crippen molar-refractivity contribution in [1.29, 1.82) is 0 Å². The third kappa shape index (κ3) is 3.74. The number of carbonyl (C=O) groups is 1. The molecule has 0 saturated heterocycles. The van der Waals surface area contributed by atoms with E-state index >= 15 is 0 Å². The molecule has 0 aliphatic carbocycles. The van der Waals surface area contributed by atoms with Gasteiger partial charge in [0.15, 0.2) is 0 Å². The number of amides is 1. The second kappa shape index (κ2) is 6.59. The van der Waals surface area contributed by atoms with E-state index in [1.54, 1.807) is 18.5 Å². The lowest BCUT2D eigenvalue weighted by molar-refractivity contribution is -0.386. The number of rotatable bonds is 6. The lowest BCUT2D eigenvalue weighted by Gasteiger charge is -2.05. The van der Waals surface area contributed by atoms with Crippen LogP contribution in [0, 0.1) is 30.9 Å². The highest BCUT2D eigenvalue weighted by molar-refractivity contribution is 5.75. The van der Waals surface area contributed by atoms with Crippen LogP contribution in [0.2, 0.25) is 0 Å². The van der Waals surface area contributed by atoms with Gasteiger partial charge in [0.25, 0.3) is 0 Å². The monoisotopic (exact) mass is 320 g/mol. The Bertz CT molecular complexity index is 746. The minimum atomic E-state index is -0.445. The van der Waals surface area contributed by atoms with E-state index in [4.69, 9.17) is 0 Å². The van der Waals surface area contributed by atoms with Crippen molar-refractivity contribution in [3.8, 4) is 0 Å². The molecule has 2 aromatic rings. The number of hydrogen-bond donors (Lipinski definition) is 1. The number of aryl methyl sites for hydroxylation is 4. The smallest absolute Gasteiger partial charge is 0.312 e. The average Bonchev–Trinajstić information content (AvgIpc) is 2.92. The van der Waals surface area contributed by atoms with Gasteiger partial charge in [-0.15, -0.1) is 0 Å². The Kier molecular flexibility index (Phi) is 4.77. The Balaban J connectivity index is 1.91. The Morgan fingerprint density at radius 2 is 2.00 bits per heavy atom. The van der Waals surface area contributed by atoms with Crippen LogP contribution in [0.4, 0.5) is 5.69 Å². The van der Waals surface area contributed by atoms with Crippen LogP contribution in [0.15, 0.2) is 6.20 Å². The summed E-state index contributed by atoms with van der Waals surface area (Å²) < 4.78 is 3.20. The van der Waals surface area contributed by atoms with Crippen LogP contribution in [-0.2, 0) is 24.9 Å². The zero-order valence-electron chi connectivity index (χ0n) is 13.7. The summed E-state index contributed by atoms with van der Waals surface area (Å²) in [5.41, 5.74) is 2.67. The number of carbonyl (C=O) groups excluding carboxylic acids is 1. The highest BCUT2D eigenvalue weighted by Crippen LogP contribution is 2.21. The van der Waals surface area contributed by atoms with Crippen LogP contribution >= 0.6 is 0 Å². The van der Waals surface area contributed by atoms with Gasteiger partial charge in [-0.25, -0.2) is 0 Å². The van der Waals surface area contributed by atoms with Gasteiger partial charge in [0.1, 0.15) is 11.4 Å². The van der Waals surface area contributed by atoms with Crippen molar-refractivity contribution in [1.82, 2.24) is 24.9 Å². The minimum Gasteiger partial charge on any atom is -0.352 e. The van der Waals surface area contributed by atoms with Gasteiger partial charge in [-0.05, 0) is 20.8 Å². The average molecular weight is 320 g/mol. The van der Waals surface area contributed by atoms with Crippen LogP contribution in [0.3, 0.4) is 0 Å². The second-order valence-corrected chi connectivity index (χ2v) is 5.44. The number of nitrogens with zero attached hydrogens (tertiary/aromatic N) is 5. The summed E-state index contributed by atoms with van der Waals surface area (Å²) in [7, 11) is 1.83. The first kappa shape index (κ1) is 16.7. The Morgan fingerprint density at radius 3 is 2.52 bits per heavy atom. The second-order valence-electron chi connectivity index (χ2n) is 5.44.